The number of halogens is 1. The molecule has 1 rings (SSSR count). The average molecular weight is 143 g/mol. The second-order valence-electron chi connectivity index (χ2n) is 1.54. The van der Waals surface area contributed by atoms with Crippen molar-refractivity contribution in [2.45, 2.75) is 4.90 Å². The Kier molecular flexibility index (Phi) is 2.08. The molecule has 0 heterocycles. The fraction of sp³-hybridized carbons (Fsp3) is 0. The van der Waals surface area contributed by atoms with Crippen molar-refractivity contribution < 1.29 is 8.94 Å². The maximum atomic E-state index is 12.2. The van der Waals surface area contributed by atoms with Crippen LogP contribution in [0.3, 0.4) is 0 Å². The van der Waals surface area contributed by atoms with Crippen LogP contribution in [0.2, 0.25) is 0 Å². The van der Waals surface area contributed by atoms with Crippen LogP contribution in [0.5, 0.6) is 0 Å². The molecule has 0 saturated carbocycles. The van der Waals surface area contributed by atoms with Gasteiger partial charge in [-0.3, -0.25) is 0 Å². The molecule has 9 heavy (non-hydrogen) atoms. The number of rotatable bonds is 1. The van der Waals surface area contributed by atoms with Crippen LogP contribution in [-0.4, -0.2) is 4.55 Å². The molecule has 1 aromatic rings. The van der Waals surface area contributed by atoms with Crippen molar-refractivity contribution in [1.82, 2.24) is 0 Å². The molecule has 0 bridgehead atoms. The molecule has 0 fully saturated rings. The van der Waals surface area contributed by atoms with E-state index in [1.54, 1.807) is 6.07 Å². The minimum absolute atomic E-state index is 0.293. The van der Waals surface area contributed by atoms with Gasteiger partial charge in [-0.2, -0.15) is 0 Å². The van der Waals surface area contributed by atoms with Gasteiger partial charge in [-0.1, -0.05) is 6.07 Å². The molecule has 0 aliphatic heterocycles. The molecule has 1 aromatic carbocycles. The number of benzene rings is 1. The molecule has 0 aromatic heterocycles. The normalized spacial score (nSPS) is 9.56. The summed E-state index contributed by atoms with van der Waals surface area (Å²) in [6.07, 6.45) is 0. The van der Waals surface area contributed by atoms with E-state index in [9.17, 15) is 8.94 Å². The molecule has 0 radical (unpaired) electrons. The maximum Gasteiger partial charge on any atom is 0.124 e. The van der Waals surface area contributed by atoms with E-state index in [1.165, 1.54) is 18.2 Å². The minimum Gasteiger partial charge on any atom is -0.795 e. The Hall–Kier alpha value is -0.540. The van der Waals surface area contributed by atoms with Crippen molar-refractivity contribution in [3.05, 3.63) is 30.1 Å². The van der Waals surface area contributed by atoms with E-state index in [4.69, 9.17) is 0 Å². The highest BCUT2D eigenvalue weighted by Gasteiger charge is 1.86. The lowest BCUT2D eigenvalue weighted by atomic mass is 10.4. The predicted molar refractivity (Wildman–Crippen MR) is 33.0 cm³/mol. The third-order valence-corrected chi connectivity index (χ3v) is 1.34. The van der Waals surface area contributed by atoms with E-state index >= 15 is 0 Å². The van der Waals surface area contributed by atoms with Crippen molar-refractivity contribution >= 4 is 12.0 Å². The third kappa shape index (κ3) is 1.69. The van der Waals surface area contributed by atoms with Crippen LogP contribution < -0.4 is 0 Å². The molecule has 0 aliphatic carbocycles. The molecule has 0 unspecified atom stereocenters. The van der Waals surface area contributed by atoms with E-state index in [0.29, 0.717) is 16.9 Å². The highest BCUT2D eigenvalue weighted by atomic mass is 32.2. The van der Waals surface area contributed by atoms with E-state index < -0.39 is 0 Å². The van der Waals surface area contributed by atoms with Crippen LogP contribution in [-0.2, 0) is 0 Å². The molecular formula is C6H4FOS-. The van der Waals surface area contributed by atoms with Crippen molar-refractivity contribution in [2.24, 2.45) is 0 Å². The van der Waals surface area contributed by atoms with E-state index in [0.717, 1.165) is 0 Å². The van der Waals surface area contributed by atoms with Gasteiger partial charge in [-0.25, -0.2) is 16.4 Å². The first-order valence-electron chi connectivity index (χ1n) is 2.38. The Morgan fingerprint density at radius 1 is 1.44 bits per heavy atom. The van der Waals surface area contributed by atoms with Crippen LogP contribution in [0.15, 0.2) is 29.2 Å². The zero-order chi connectivity index (χ0) is 6.69. The summed E-state index contributed by atoms with van der Waals surface area (Å²) in [7, 11) is 0. The SMILES string of the molecule is [O-]Sc1cccc(F)c1. The molecule has 0 atom stereocenters. The molecule has 1 nitrogen and oxygen atoms in total. The van der Waals surface area contributed by atoms with Gasteiger partial charge < -0.3 is 4.55 Å². The smallest absolute Gasteiger partial charge is 0.124 e. The minimum atomic E-state index is -0.365. The second kappa shape index (κ2) is 2.85. The molecule has 0 aliphatic rings. The Labute approximate surface area is 56.7 Å². The zero-order valence-electron chi connectivity index (χ0n) is 4.50. The van der Waals surface area contributed by atoms with Crippen LogP contribution in [0, 0.1) is 5.82 Å². The summed E-state index contributed by atoms with van der Waals surface area (Å²) in [5.74, 6) is -0.365. The quantitative estimate of drug-likeness (QED) is 0.561. The van der Waals surface area contributed by atoms with Gasteiger partial charge >= 0.3 is 0 Å². The van der Waals surface area contributed by atoms with Gasteiger partial charge in [0.2, 0.25) is 0 Å². The fourth-order valence-corrected chi connectivity index (χ4v) is 0.814. The molecule has 0 spiro atoms. The topological polar surface area (TPSA) is 23.1 Å². The summed E-state index contributed by atoms with van der Waals surface area (Å²) < 4.78 is 22.2. The lowest BCUT2D eigenvalue weighted by Gasteiger charge is -2.01. The van der Waals surface area contributed by atoms with Crippen LogP contribution in [0.25, 0.3) is 0 Å². The Balaban J connectivity index is 2.94. The molecule has 0 amide bonds. The van der Waals surface area contributed by atoms with E-state index in [-0.39, 0.29) is 5.82 Å². The first-order chi connectivity index (χ1) is 4.33. The molecule has 0 N–H and O–H groups in total. The standard InChI is InChI=1S/C6H5FOS/c7-5-2-1-3-6(4-5)9-8/h1-4,8H/p-1. The van der Waals surface area contributed by atoms with Gasteiger partial charge in [-0.05, 0) is 23.1 Å². The van der Waals surface area contributed by atoms with E-state index in [2.05, 4.69) is 0 Å². The Morgan fingerprint density at radius 3 is 2.67 bits per heavy atom. The largest absolute Gasteiger partial charge is 0.795 e. The van der Waals surface area contributed by atoms with E-state index in [1.807, 2.05) is 0 Å². The first kappa shape index (κ1) is 6.58. The number of hydrogen-bond acceptors (Lipinski definition) is 2. The van der Waals surface area contributed by atoms with Crippen molar-refractivity contribution in [1.29, 1.82) is 0 Å². The van der Waals surface area contributed by atoms with Gasteiger partial charge in [-0.15, -0.1) is 0 Å². The van der Waals surface area contributed by atoms with Crippen molar-refractivity contribution in [3.8, 4) is 0 Å². The summed E-state index contributed by atoms with van der Waals surface area (Å²) in [6.45, 7) is 0. The molecule has 48 valence electrons. The summed E-state index contributed by atoms with van der Waals surface area (Å²) >= 11 is 0.293. The van der Waals surface area contributed by atoms with Gasteiger partial charge in [0, 0.05) is 0 Å². The van der Waals surface area contributed by atoms with Crippen LogP contribution in [0.4, 0.5) is 4.39 Å². The second-order valence-corrected chi connectivity index (χ2v) is 2.18. The van der Waals surface area contributed by atoms with Gasteiger partial charge in [0.1, 0.15) is 5.82 Å². The fourth-order valence-electron chi connectivity index (χ4n) is 0.519. The summed E-state index contributed by atoms with van der Waals surface area (Å²) in [4.78, 5) is 0.412. The average Bonchev–Trinajstić information content (AvgIpc) is 1.88. The highest BCUT2D eigenvalue weighted by Crippen LogP contribution is 2.13. The highest BCUT2D eigenvalue weighted by molar-refractivity contribution is 7.93. The maximum absolute atomic E-state index is 12.2. The van der Waals surface area contributed by atoms with Crippen molar-refractivity contribution in [3.63, 3.8) is 0 Å². The Bertz CT molecular complexity index is 202. The van der Waals surface area contributed by atoms with Crippen molar-refractivity contribution in [2.75, 3.05) is 0 Å². The number of hydrogen-bond donors (Lipinski definition) is 0. The molecule has 3 heteroatoms. The first-order valence-corrected chi connectivity index (χ1v) is 3.12. The van der Waals surface area contributed by atoms with Gasteiger partial charge in [0.05, 0.1) is 0 Å². The monoisotopic (exact) mass is 143 g/mol. The van der Waals surface area contributed by atoms with Gasteiger partial charge in [0.25, 0.3) is 0 Å². The predicted octanol–water partition coefficient (Wildman–Crippen LogP) is 2.05. The summed E-state index contributed by atoms with van der Waals surface area (Å²) in [5.41, 5.74) is 0. The summed E-state index contributed by atoms with van der Waals surface area (Å²) in [5, 5.41) is 0. The molecular weight excluding hydrogens is 139 g/mol. The van der Waals surface area contributed by atoms with Crippen LogP contribution in [0.1, 0.15) is 0 Å². The van der Waals surface area contributed by atoms with Crippen LogP contribution >= 0.6 is 12.0 Å². The lowest BCUT2D eigenvalue weighted by molar-refractivity contribution is 0.609. The third-order valence-electron chi connectivity index (χ3n) is 0.892. The summed E-state index contributed by atoms with van der Waals surface area (Å²) in [6, 6.07) is 5.59. The zero-order valence-corrected chi connectivity index (χ0v) is 5.32. The lowest BCUT2D eigenvalue weighted by Crippen LogP contribution is -1.72. The Morgan fingerprint density at radius 2 is 2.22 bits per heavy atom. The van der Waals surface area contributed by atoms with Gasteiger partial charge in [0.15, 0.2) is 0 Å². The molecule has 0 saturated heterocycles.